The van der Waals surface area contributed by atoms with Gasteiger partial charge in [-0.05, 0) is 37.5 Å². The van der Waals surface area contributed by atoms with Gasteiger partial charge in [0.15, 0.2) is 5.76 Å². The van der Waals surface area contributed by atoms with E-state index in [0.29, 0.717) is 28.9 Å². The topological polar surface area (TPSA) is 110 Å². The van der Waals surface area contributed by atoms with Crippen molar-refractivity contribution < 1.29 is 9.26 Å². The highest BCUT2D eigenvalue weighted by atomic mass is 16.5. The van der Waals surface area contributed by atoms with Crippen LogP contribution in [0, 0.1) is 18.3 Å². The van der Waals surface area contributed by atoms with Gasteiger partial charge in [-0.2, -0.15) is 5.26 Å². The second-order valence-corrected chi connectivity index (χ2v) is 8.60. The van der Waals surface area contributed by atoms with Crippen LogP contribution in [0.5, 0.6) is 0 Å². The molecule has 1 aliphatic rings. The van der Waals surface area contributed by atoms with Crippen molar-refractivity contribution >= 4 is 0 Å². The largest absolute Gasteiger partial charge is 0.381 e. The van der Waals surface area contributed by atoms with E-state index in [1.807, 2.05) is 25.1 Å². The minimum atomic E-state index is 0.246. The van der Waals surface area contributed by atoms with Crippen LogP contribution in [0.3, 0.4) is 0 Å². The molecule has 5 rings (SSSR count). The molecule has 1 fully saturated rings. The molecular weight excluding hydrogens is 440 g/mol. The van der Waals surface area contributed by atoms with E-state index in [4.69, 9.17) is 19.5 Å². The van der Waals surface area contributed by atoms with Crippen molar-refractivity contribution in [2.45, 2.75) is 38.8 Å². The second kappa shape index (κ2) is 10.6. The number of aryl methyl sites for hydroxylation is 1. The molecule has 0 spiro atoms. The van der Waals surface area contributed by atoms with Crippen LogP contribution >= 0.6 is 0 Å². The van der Waals surface area contributed by atoms with Gasteiger partial charge in [0.05, 0.1) is 35.8 Å². The lowest BCUT2D eigenvalue weighted by Gasteiger charge is -2.23. The van der Waals surface area contributed by atoms with Gasteiger partial charge in [0.2, 0.25) is 0 Å². The van der Waals surface area contributed by atoms with E-state index in [0.717, 1.165) is 55.1 Å². The van der Waals surface area contributed by atoms with E-state index in [-0.39, 0.29) is 6.42 Å². The Labute approximate surface area is 204 Å². The van der Waals surface area contributed by atoms with Gasteiger partial charge in [0.1, 0.15) is 11.4 Å². The van der Waals surface area contributed by atoms with Crippen molar-refractivity contribution in [2.24, 2.45) is 0 Å². The first-order valence-electron chi connectivity index (χ1n) is 11.7. The SMILES string of the molecule is Cc1ncc(-c2ccnc(CC#N)c2)nc1-c1cc(-c2ccc(CNC3CCOCC3)cc2)no1. The van der Waals surface area contributed by atoms with Gasteiger partial charge in [0, 0.05) is 49.2 Å². The standard InChI is InChI=1S/C27H26N6O2/c1-18-27(32-25(17-30-18)21-7-11-29-23(14-21)6-10-28)26-15-24(33-35-26)20-4-2-19(3-5-20)16-31-22-8-12-34-13-9-22/h2-5,7,11,14-15,17,22,31H,6,8-9,12-13,16H2,1H3. The molecule has 0 amide bonds. The summed E-state index contributed by atoms with van der Waals surface area (Å²) in [6, 6.07) is 16.6. The van der Waals surface area contributed by atoms with Crippen LogP contribution in [0.2, 0.25) is 0 Å². The average molecular weight is 467 g/mol. The maximum absolute atomic E-state index is 8.96. The number of rotatable bonds is 7. The van der Waals surface area contributed by atoms with Crippen molar-refractivity contribution in [1.82, 2.24) is 25.4 Å². The highest BCUT2D eigenvalue weighted by molar-refractivity contribution is 5.68. The van der Waals surface area contributed by atoms with Gasteiger partial charge in [-0.3, -0.25) is 9.97 Å². The Morgan fingerprint density at radius 2 is 1.86 bits per heavy atom. The Morgan fingerprint density at radius 1 is 1.03 bits per heavy atom. The molecule has 4 aromatic rings. The Morgan fingerprint density at radius 3 is 2.66 bits per heavy atom. The van der Waals surface area contributed by atoms with E-state index in [2.05, 4.69) is 50.8 Å². The fraction of sp³-hybridized carbons (Fsp3) is 0.296. The van der Waals surface area contributed by atoms with Crippen molar-refractivity contribution in [3.63, 3.8) is 0 Å². The van der Waals surface area contributed by atoms with Gasteiger partial charge in [-0.15, -0.1) is 0 Å². The zero-order valence-electron chi connectivity index (χ0n) is 19.6. The lowest BCUT2D eigenvalue weighted by molar-refractivity contribution is 0.0776. The lowest BCUT2D eigenvalue weighted by Crippen LogP contribution is -2.34. The Kier molecular flexibility index (Phi) is 6.89. The van der Waals surface area contributed by atoms with E-state index in [1.54, 1.807) is 12.4 Å². The first-order chi connectivity index (χ1) is 17.2. The van der Waals surface area contributed by atoms with Gasteiger partial charge in [0.25, 0.3) is 0 Å². The van der Waals surface area contributed by atoms with Crippen LogP contribution in [0.4, 0.5) is 0 Å². The molecule has 0 bridgehead atoms. The highest BCUT2D eigenvalue weighted by Crippen LogP contribution is 2.28. The highest BCUT2D eigenvalue weighted by Gasteiger charge is 2.16. The van der Waals surface area contributed by atoms with E-state index < -0.39 is 0 Å². The Balaban J connectivity index is 1.32. The molecule has 8 nitrogen and oxygen atoms in total. The number of benzene rings is 1. The number of ether oxygens (including phenoxy) is 1. The fourth-order valence-electron chi connectivity index (χ4n) is 4.12. The molecule has 1 aliphatic heterocycles. The Bertz CT molecular complexity index is 1340. The molecule has 176 valence electrons. The molecule has 4 heterocycles. The normalized spacial score (nSPS) is 14.1. The maximum Gasteiger partial charge on any atom is 0.187 e. The van der Waals surface area contributed by atoms with Crippen LogP contribution in [0.25, 0.3) is 34.0 Å². The van der Waals surface area contributed by atoms with Gasteiger partial charge in [-0.25, -0.2) is 4.98 Å². The second-order valence-electron chi connectivity index (χ2n) is 8.60. The molecule has 3 aromatic heterocycles. The third kappa shape index (κ3) is 5.43. The minimum absolute atomic E-state index is 0.246. The first kappa shape index (κ1) is 22.8. The molecular formula is C27H26N6O2. The van der Waals surface area contributed by atoms with Gasteiger partial charge < -0.3 is 14.6 Å². The number of nitriles is 1. The van der Waals surface area contributed by atoms with Crippen LogP contribution < -0.4 is 5.32 Å². The maximum atomic E-state index is 8.96. The summed E-state index contributed by atoms with van der Waals surface area (Å²) in [6.07, 6.45) is 5.76. The van der Waals surface area contributed by atoms with E-state index in [1.165, 1.54) is 5.56 Å². The molecule has 35 heavy (non-hydrogen) atoms. The number of aromatic nitrogens is 4. The predicted octanol–water partition coefficient (Wildman–Crippen LogP) is 4.50. The Hall–Kier alpha value is -3.93. The molecule has 1 aromatic carbocycles. The van der Waals surface area contributed by atoms with Gasteiger partial charge >= 0.3 is 0 Å². The monoisotopic (exact) mass is 466 g/mol. The molecule has 0 radical (unpaired) electrons. The van der Waals surface area contributed by atoms with Crippen LogP contribution in [-0.4, -0.2) is 39.4 Å². The summed E-state index contributed by atoms with van der Waals surface area (Å²) >= 11 is 0. The molecule has 0 aliphatic carbocycles. The molecule has 0 unspecified atom stereocenters. The van der Waals surface area contributed by atoms with Crippen LogP contribution in [0.1, 0.15) is 29.8 Å². The molecule has 0 atom stereocenters. The number of hydrogen-bond acceptors (Lipinski definition) is 8. The van der Waals surface area contributed by atoms with Crippen LogP contribution in [0.15, 0.2) is 59.4 Å². The number of pyridine rings is 1. The third-order valence-electron chi connectivity index (χ3n) is 6.14. The van der Waals surface area contributed by atoms with Crippen LogP contribution in [-0.2, 0) is 17.7 Å². The molecule has 1 saturated heterocycles. The molecule has 8 heteroatoms. The number of nitrogens with one attached hydrogen (secondary N) is 1. The number of hydrogen-bond donors (Lipinski definition) is 1. The summed E-state index contributed by atoms with van der Waals surface area (Å²) in [4.78, 5) is 13.5. The van der Waals surface area contributed by atoms with Crippen molar-refractivity contribution in [3.05, 3.63) is 71.8 Å². The summed E-state index contributed by atoms with van der Waals surface area (Å²) < 4.78 is 11.1. The summed E-state index contributed by atoms with van der Waals surface area (Å²) in [5, 5.41) is 16.8. The summed E-state index contributed by atoms with van der Waals surface area (Å²) in [5.41, 5.74) is 6.57. The number of nitrogens with zero attached hydrogens (tertiary/aromatic N) is 5. The third-order valence-corrected chi connectivity index (χ3v) is 6.14. The summed E-state index contributed by atoms with van der Waals surface area (Å²) in [6.45, 7) is 4.40. The van der Waals surface area contributed by atoms with Crippen molar-refractivity contribution in [3.8, 4) is 40.0 Å². The molecule has 1 N–H and O–H groups in total. The van der Waals surface area contributed by atoms with Crippen molar-refractivity contribution in [1.29, 1.82) is 5.26 Å². The zero-order valence-corrected chi connectivity index (χ0v) is 19.6. The van der Waals surface area contributed by atoms with E-state index >= 15 is 0 Å². The summed E-state index contributed by atoms with van der Waals surface area (Å²) in [5.74, 6) is 0.559. The minimum Gasteiger partial charge on any atom is -0.381 e. The molecule has 0 saturated carbocycles. The first-order valence-corrected chi connectivity index (χ1v) is 11.7. The lowest BCUT2D eigenvalue weighted by atomic mass is 10.1. The smallest absolute Gasteiger partial charge is 0.187 e. The predicted molar refractivity (Wildman–Crippen MR) is 131 cm³/mol. The van der Waals surface area contributed by atoms with Crippen molar-refractivity contribution in [2.75, 3.05) is 13.2 Å². The van der Waals surface area contributed by atoms with Gasteiger partial charge in [-0.1, -0.05) is 29.4 Å². The fourth-order valence-corrected chi connectivity index (χ4v) is 4.12. The van der Waals surface area contributed by atoms with E-state index in [9.17, 15) is 0 Å². The summed E-state index contributed by atoms with van der Waals surface area (Å²) in [7, 11) is 0. The average Bonchev–Trinajstić information content (AvgIpc) is 3.39. The zero-order chi connectivity index (χ0) is 24.0. The quantitative estimate of drug-likeness (QED) is 0.424.